The number of nitrogens with zero attached hydrogens (tertiary/aromatic N) is 2. The number of hydrogen-bond acceptors (Lipinski definition) is 4. The van der Waals surface area contributed by atoms with Crippen molar-refractivity contribution < 1.29 is 9.53 Å². The smallest absolute Gasteiger partial charge is 0.236 e. The van der Waals surface area contributed by atoms with Crippen molar-refractivity contribution in [1.82, 2.24) is 9.80 Å². The molecule has 0 radical (unpaired) electrons. The fraction of sp³-hybridized carbons (Fsp3) is 0.923. The Morgan fingerprint density at radius 1 is 1.50 bits per heavy atom. The Bertz CT molecular complexity index is 285. The third-order valence-corrected chi connectivity index (χ3v) is 4.06. The van der Waals surface area contributed by atoms with Gasteiger partial charge in [0.05, 0.1) is 19.3 Å². The summed E-state index contributed by atoms with van der Waals surface area (Å²) < 4.78 is 5.76. The molecule has 2 N–H and O–H groups in total. The topological polar surface area (TPSA) is 58.8 Å². The van der Waals surface area contributed by atoms with Crippen LogP contribution < -0.4 is 5.73 Å². The molecule has 5 heteroatoms. The quantitative estimate of drug-likeness (QED) is 0.754. The van der Waals surface area contributed by atoms with E-state index in [4.69, 9.17) is 10.5 Å². The number of likely N-dealkylation sites (N-methyl/N-ethyl adjacent to an activating group) is 1. The summed E-state index contributed by atoms with van der Waals surface area (Å²) >= 11 is 0. The lowest BCUT2D eigenvalue weighted by molar-refractivity contribution is -0.135. The summed E-state index contributed by atoms with van der Waals surface area (Å²) in [6, 6.07) is 0.464. The Morgan fingerprint density at radius 3 is 3.11 bits per heavy atom. The summed E-state index contributed by atoms with van der Waals surface area (Å²) in [6.45, 7) is 3.58. The normalized spacial score (nSPS) is 28.1. The van der Waals surface area contributed by atoms with Gasteiger partial charge in [-0.25, -0.2) is 0 Å². The number of hydrogen-bond donors (Lipinski definition) is 1. The number of morpholine rings is 1. The molecule has 1 aliphatic carbocycles. The van der Waals surface area contributed by atoms with E-state index in [1.54, 1.807) is 4.90 Å². The van der Waals surface area contributed by atoms with Crippen molar-refractivity contribution in [2.75, 3.05) is 39.8 Å². The van der Waals surface area contributed by atoms with Gasteiger partial charge in [0, 0.05) is 26.2 Å². The van der Waals surface area contributed by atoms with E-state index in [-0.39, 0.29) is 5.91 Å². The van der Waals surface area contributed by atoms with Crippen molar-refractivity contribution in [3.05, 3.63) is 0 Å². The average Bonchev–Trinajstić information content (AvgIpc) is 2.85. The fourth-order valence-electron chi connectivity index (χ4n) is 2.95. The number of carbonyl (C=O) groups is 1. The molecule has 1 heterocycles. The van der Waals surface area contributed by atoms with Crippen LogP contribution in [0, 0.1) is 0 Å². The molecule has 2 atom stereocenters. The minimum atomic E-state index is 0.205. The van der Waals surface area contributed by atoms with E-state index in [1.165, 1.54) is 12.8 Å². The number of ether oxygens (including phenoxy) is 1. The van der Waals surface area contributed by atoms with E-state index in [9.17, 15) is 4.79 Å². The molecule has 5 nitrogen and oxygen atoms in total. The standard InChI is InChI=1S/C13H25N3O2/c1-15(7-3-6-14)13(17)10-16-8-9-18-12-5-2-4-11(12)16/h11-12H,2-10,14H2,1H3. The van der Waals surface area contributed by atoms with E-state index < -0.39 is 0 Å². The van der Waals surface area contributed by atoms with Crippen molar-refractivity contribution in [3.8, 4) is 0 Å². The summed E-state index contributed by atoms with van der Waals surface area (Å²) in [5.41, 5.74) is 5.47. The zero-order chi connectivity index (χ0) is 13.0. The molecule has 2 rings (SSSR count). The monoisotopic (exact) mass is 255 g/mol. The molecule has 1 saturated heterocycles. The molecule has 0 aromatic carbocycles. The second-order valence-corrected chi connectivity index (χ2v) is 5.34. The molecule has 2 fully saturated rings. The van der Waals surface area contributed by atoms with Crippen molar-refractivity contribution in [1.29, 1.82) is 0 Å². The van der Waals surface area contributed by atoms with Crippen LogP contribution in [-0.4, -0.2) is 67.7 Å². The highest BCUT2D eigenvalue weighted by atomic mass is 16.5. The zero-order valence-electron chi connectivity index (χ0n) is 11.3. The Kier molecular flexibility index (Phi) is 4.97. The molecular weight excluding hydrogens is 230 g/mol. The maximum Gasteiger partial charge on any atom is 0.236 e. The van der Waals surface area contributed by atoms with Gasteiger partial charge in [-0.05, 0) is 32.2 Å². The fourth-order valence-corrected chi connectivity index (χ4v) is 2.95. The van der Waals surface area contributed by atoms with Gasteiger partial charge in [0.15, 0.2) is 0 Å². The van der Waals surface area contributed by atoms with Crippen molar-refractivity contribution in [3.63, 3.8) is 0 Å². The van der Waals surface area contributed by atoms with Gasteiger partial charge in [0.25, 0.3) is 0 Å². The van der Waals surface area contributed by atoms with Gasteiger partial charge < -0.3 is 15.4 Å². The van der Waals surface area contributed by atoms with Crippen LogP contribution in [0.1, 0.15) is 25.7 Å². The summed E-state index contributed by atoms with van der Waals surface area (Å²) in [5, 5.41) is 0. The molecule has 1 aliphatic heterocycles. The summed E-state index contributed by atoms with van der Waals surface area (Å²) in [7, 11) is 1.87. The first-order chi connectivity index (χ1) is 8.72. The number of nitrogens with two attached hydrogens (primary N) is 1. The van der Waals surface area contributed by atoms with Crippen LogP contribution in [0.5, 0.6) is 0 Å². The maximum atomic E-state index is 12.1. The van der Waals surface area contributed by atoms with Crippen molar-refractivity contribution >= 4 is 5.91 Å². The minimum Gasteiger partial charge on any atom is -0.375 e. The molecular formula is C13H25N3O2. The first-order valence-corrected chi connectivity index (χ1v) is 7.02. The number of fused-ring (bicyclic) bond motifs is 1. The second kappa shape index (κ2) is 6.50. The largest absolute Gasteiger partial charge is 0.375 e. The van der Waals surface area contributed by atoms with Gasteiger partial charge in [-0.2, -0.15) is 0 Å². The Labute approximate surface area is 109 Å². The van der Waals surface area contributed by atoms with Gasteiger partial charge >= 0.3 is 0 Å². The lowest BCUT2D eigenvalue weighted by Gasteiger charge is -2.37. The number of amides is 1. The van der Waals surface area contributed by atoms with Crippen LogP contribution >= 0.6 is 0 Å². The molecule has 0 aromatic rings. The molecule has 1 saturated carbocycles. The van der Waals surface area contributed by atoms with Crippen LogP contribution in [0.2, 0.25) is 0 Å². The number of carbonyl (C=O) groups excluding carboxylic acids is 1. The highest BCUT2D eigenvalue weighted by Crippen LogP contribution is 2.29. The zero-order valence-corrected chi connectivity index (χ0v) is 11.3. The lowest BCUT2D eigenvalue weighted by atomic mass is 10.1. The predicted molar refractivity (Wildman–Crippen MR) is 70.3 cm³/mol. The van der Waals surface area contributed by atoms with Crippen LogP contribution in [0.4, 0.5) is 0 Å². The molecule has 0 spiro atoms. The van der Waals surface area contributed by atoms with Crippen LogP contribution in [0.3, 0.4) is 0 Å². The summed E-state index contributed by atoms with van der Waals surface area (Å²) in [6.07, 6.45) is 4.78. The Morgan fingerprint density at radius 2 is 2.33 bits per heavy atom. The van der Waals surface area contributed by atoms with Gasteiger partial charge in [0.1, 0.15) is 0 Å². The highest BCUT2D eigenvalue weighted by Gasteiger charge is 2.36. The van der Waals surface area contributed by atoms with E-state index in [0.29, 0.717) is 25.2 Å². The van der Waals surface area contributed by atoms with Gasteiger partial charge in [0.2, 0.25) is 5.91 Å². The first kappa shape index (κ1) is 13.8. The van der Waals surface area contributed by atoms with Gasteiger partial charge in [-0.15, -0.1) is 0 Å². The maximum absolute atomic E-state index is 12.1. The van der Waals surface area contributed by atoms with E-state index in [1.807, 2.05) is 7.05 Å². The molecule has 18 heavy (non-hydrogen) atoms. The molecule has 1 amide bonds. The van der Waals surface area contributed by atoms with Crippen molar-refractivity contribution in [2.24, 2.45) is 5.73 Å². The summed E-state index contributed by atoms with van der Waals surface area (Å²) in [4.78, 5) is 16.2. The third-order valence-electron chi connectivity index (χ3n) is 4.06. The second-order valence-electron chi connectivity index (χ2n) is 5.34. The third kappa shape index (κ3) is 3.22. The van der Waals surface area contributed by atoms with E-state index in [2.05, 4.69) is 4.90 Å². The van der Waals surface area contributed by atoms with Crippen LogP contribution in [-0.2, 0) is 9.53 Å². The Hall–Kier alpha value is -0.650. The van der Waals surface area contributed by atoms with E-state index in [0.717, 1.165) is 32.5 Å². The van der Waals surface area contributed by atoms with Crippen LogP contribution in [0.25, 0.3) is 0 Å². The van der Waals surface area contributed by atoms with E-state index >= 15 is 0 Å². The predicted octanol–water partition coefficient (Wildman–Crippen LogP) is 0.0469. The molecule has 0 aromatic heterocycles. The molecule has 104 valence electrons. The highest BCUT2D eigenvalue weighted by molar-refractivity contribution is 5.78. The Balaban J connectivity index is 1.82. The minimum absolute atomic E-state index is 0.205. The summed E-state index contributed by atoms with van der Waals surface area (Å²) in [5.74, 6) is 0.205. The molecule has 0 bridgehead atoms. The van der Waals surface area contributed by atoms with Gasteiger partial charge in [-0.3, -0.25) is 9.69 Å². The van der Waals surface area contributed by atoms with Gasteiger partial charge in [-0.1, -0.05) is 0 Å². The first-order valence-electron chi connectivity index (χ1n) is 7.02. The number of rotatable bonds is 5. The average molecular weight is 255 g/mol. The molecule has 2 unspecified atom stereocenters. The SMILES string of the molecule is CN(CCCN)C(=O)CN1CCOC2CCCC21. The molecule has 2 aliphatic rings. The lowest BCUT2D eigenvalue weighted by Crippen LogP contribution is -2.52. The van der Waals surface area contributed by atoms with Crippen LogP contribution in [0.15, 0.2) is 0 Å². The van der Waals surface area contributed by atoms with Crippen molar-refractivity contribution in [2.45, 2.75) is 37.8 Å².